The molecule has 0 aliphatic carbocycles. The second kappa shape index (κ2) is 6.12. The summed E-state index contributed by atoms with van der Waals surface area (Å²) in [6.45, 7) is 1.68. The zero-order valence-corrected chi connectivity index (χ0v) is 13.2. The number of anilines is 1. The van der Waals surface area contributed by atoms with Crippen LogP contribution in [0, 0.1) is 6.92 Å². The zero-order chi connectivity index (χ0) is 18.2. The first-order valence-corrected chi connectivity index (χ1v) is 7.47. The Morgan fingerprint density at radius 3 is 2.48 bits per heavy atom. The summed E-state index contributed by atoms with van der Waals surface area (Å²) in [6.07, 6.45) is -4.50. The summed E-state index contributed by atoms with van der Waals surface area (Å²) in [5.74, 6) is -0.867. The number of halogens is 3. The quantitative estimate of drug-likeness (QED) is 0.677. The number of benzene rings is 3. The highest BCUT2D eigenvalue weighted by molar-refractivity contribution is 6.09. The van der Waals surface area contributed by atoms with Gasteiger partial charge in [0, 0.05) is 5.69 Å². The second-order valence-electron chi connectivity index (χ2n) is 5.65. The third kappa shape index (κ3) is 3.28. The fourth-order valence-electron chi connectivity index (χ4n) is 2.66. The van der Waals surface area contributed by atoms with Crippen LogP contribution in [0.4, 0.5) is 18.9 Å². The lowest BCUT2D eigenvalue weighted by Crippen LogP contribution is -2.13. The van der Waals surface area contributed by atoms with Crippen LogP contribution in [0.3, 0.4) is 0 Å². The van der Waals surface area contributed by atoms with E-state index in [2.05, 4.69) is 5.32 Å². The van der Waals surface area contributed by atoms with E-state index < -0.39 is 17.6 Å². The number of carbonyl (C=O) groups excluding carboxylic acids is 1. The number of phenols is 1. The van der Waals surface area contributed by atoms with Crippen LogP contribution in [0.1, 0.15) is 21.5 Å². The van der Waals surface area contributed by atoms with E-state index in [4.69, 9.17) is 0 Å². The standard InChI is InChI=1S/C19H14F3NO2/c1-11-15-8-3-2-5-12(15)9-16(17(11)24)18(25)23-14-7-4-6-13(10-14)19(20,21)22/h2-10,24H,1H3,(H,23,25). The van der Waals surface area contributed by atoms with Gasteiger partial charge in [0.15, 0.2) is 0 Å². The van der Waals surface area contributed by atoms with Crippen LogP contribution in [0.2, 0.25) is 0 Å². The van der Waals surface area contributed by atoms with E-state index in [-0.39, 0.29) is 17.0 Å². The number of aromatic hydroxyl groups is 1. The van der Waals surface area contributed by atoms with Gasteiger partial charge in [0.25, 0.3) is 5.91 Å². The molecule has 0 saturated carbocycles. The molecular formula is C19H14F3NO2. The molecule has 0 spiro atoms. The summed E-state index contributed by atoms with van der Waals surface area (Å²) >= 11 is 0. The molecule has 0 unspecified atom stereocenters. The van der Waals surface area contributed by atoms with E-state index in [1.54, 1.807) is 19.1 Å². The van der Waals surface area contributed by atoms with Crippen molar-refractivity contribution >= 4 is 22.4 Å². The third-order valence-electron chi connectivity index (χ3n) is 3.97. The number of phenolic OH excluding ortho intramolecular Hbond substituents is 1. The van der Waals surface area contributed by atoms with Crippen molar-refractivity contribution < 1.29 is 23.1 Å². The van der Waals surface area contributed by atoms with Crippen LogP contribution in [0.25, 0.3) is 10.8 Å². The Labute approximate surface area is 141 Å². The zero-order valence-electron chi connectivity index (χ0n) is 13.2. The van der Waals surface area contributed by atoms with Crippen molar-refractivity contribution in [3.8, 4) is 5.75 Å². The number of nitrogens with one attached hydrogen (secondary N) is 1. The summed E-state index contributed by atoms with van der Waals surface area (Å²) in [6, 6.07) is 13.1. The van der Waals surface area contributed by atoms with Gasteiger partial charge in [-0.05, 0) is 47.5 Å². The topological polar surface area (TPSA) is 49.3 Å². The average molecular weight is 345 g/mol. The van der Waals surface area contributed by atoms with Crippen LogP contribution in [-0.2, 0) is 6.18 Å². The summed E-state index contributed by atoms with van der Waals surface area (Å²) in [5.41, 5.74) is -0.310. The third-order valence-corrected chi connectivity index (χ3v) is 3.97. The summed E-state index contributed by atoms with van der Waals surface area (Å²) < 4.78 is 38.3. The minimum Gasteiger partial charge on any atom is -0.507 e. The van der Waals surface area contributed by atoms with E-state index in [0.29, 0.717) is 5.56 Å². The number of alkyl halides is 3. The fourth-order valence-corrected chi connectivity index (χ4v) is 2.66. The Bertz CT molecular complexity index is 965. The average Bonchev–Trinajstić information content (AvgIpc) is 2.57. The van der Waals surface area contributed by atoms with Crippen LogP contribution in [0.5, 0.6) is 5.75 Å². The Hall–Kier alpha value is -3.02. The van der Waals surface area contributed by atoms with Crippen molar-refractivity contribution in [1.82, 2.24) is 0 Å². The number of hydrogen-bond acceptors (Lipinski definition) is 2. The van der Waals surface area contributed by atoms with Gasteiger partial charge in [-0.1, -0.05) is 30.3 Å². The fraction of sp³-hybridized carbons (Fsp3) is 0.105. The first kappa shape index (κ1) is 16.8. The molecule has 0 fully saturated rings. The lowest BCUT2D eigenvalue weighted by atomic mass is 10.00. The molecule has 0 aliphatic rings. The molecule has 25 heavy (non-hydrogen) atoms. The van der Waals surface area contributed by atoms with Crippen LogP contribution >= 0.6 is 0 Å². The molecule has 0 atom stereocenters. The van der Waals surface area contributed by atoms with Crippen molar-refractivity contribution in [3.05, 3.63) is 71.3 Å². The molecule has 0 aromatic heterocycles. The van der Waals surface area contributed by atoms with Crippen molar-refractivity contribution in [2.45, 2.75) is 13.1 Å². The van der Waals surface area contributed by atoms with Crippen LogP contribution in [0.15, 0.2) is 54.6 Å². The molecule has 0 radical (unpaired) electrons. The first-order valence-electron chi connectivity index (χ1n) is 7.47. The maximum atomic E-state index is 12.8. The largest absolute Gasteiger partial charge is 0.507 e. The molecule has 6 heteroatoms. The summed E-state index contributed by atoms with van der Waals surface area (Å²) in [5, 5.41) is 14.2. The van der Waals surface area contributed by atoms with Crippen molar-refractivity contribution in [1.29, 1.82) is 0 Å². The monoisotopic (exact) mass is 345 g/mol. The van der Waals surface area contributed by atoms with Gasteiger partial charge in [-0.2, -0.15) is 13.2 Å². The maximum Gasteiger partial charge on any atom is 0.416 e. The predicted molar refractivity (Wildman–Crippen MR) is 89.7 cm³/mol. The van der Waals surface area contributed by atoms with Gasteiger partial charge in [0.1, 0.15) is 5.75 Å². The predicted octanol–water partition coefficient (Wildman–Crippen LogP) is 5.12. The molecule has 0 aliphatic heterocycles. The van der Waals surface area contributed by atoms with Crippen molar-refractivity contribution in [2.24, 2.45) is 0 Å². The molecule has 3 rings (SSSR count). The highest BCUT2D eigenvalue weighted by atomic mass is 19.4. The normalized spacial score (nSPS) is 11.5. The number of hydrogen-bond donors (Lipinski definition) is 2. The molecule has 3 aromatic carbocycles. The Balaban J connectivity index is 1.97. The molecule has 3 aromatic rings. The molecular weight excluding hydrogens is 331 g/mol. The van der Waals surface area contributed by atoms with Crippen LogP contribution < -0.4 is 5.32 Å². The number of fused-ring (bicyclic) bond motifs is 1. The maximum absolute atomic E-state index is 12.8. The Morgan fingerprint density at radius 1 is 1.04 bits per heavy atom. The SMILES string of the molecule is Cc1c(O)c(C(=O)Nc2cccc(C(F)(F)F)c2)cc2ccccc12. The molecule has 0 saturated heterocycles. The van der Waals surface area contributed by atoms with Gasteiger partial charge in [-0.15, -0.1) is 0 Å². The molecule has 1 amide bonds. The van der Waals surface area contributed by atoms with Gasteiger partial charge in [0.05, 0.1) is 11.1 Å². The number of amides is 1. The van der Waals surface area contributed by atoms with E-state index in [0.717, 1.165) is 22.9 Å². The summed E-state index contributed by atoms with van der Waals surface area (Å²) in [7, 11) is 0. The Morgan fingerprint density at radius 2 is 1.76 bits per heavy atom. The van der Waals surface area contributed by atoms with E-state index in [9.17, 15) is 23.1 Å². The van der Waals surface area contributed by atoms with Gasteiger partial charge in [0.2, 0.25) is 0 Å². The van der Waals surface area contributed by atoms with Crippen LogP contribution in [-0.4, -0.2) is 11.0 Å². The lowest BCUT2D eigenvalue weighted by Gasteiger charge is -2.13. The molecule has 0 heterocycles. The second-order valence-corrected chi connectivity index (χ2v) is 5.65. The number of aryl methyl sites for hydroxylation is 1. The highest BCUT2D eigenvalue weighted by Gasteiger charge is 2.30. The van der Waals surface area contributed by atoms with Gasteiger partial charge in [-0.25, -0.2) is 0 Å². The van der Waals surface area contributed by atoms with Gasteiger partial charge >= 0.3 is 6.18 Å². The number of carbonyl (C=O) groups is 1. The van der Waals surface area contributed by atoms with Crippen molar-refractivity contribution in [2.75, 3.05) is 5.32 Å². The van der Waals surface area contributed by atoms with E-state index in [1.807, 2.05) is 12.1 Å². The number of rotatable bonds is 2. The Kier molecular flexibility index (Phi) is 4.12. The highest BCUT2D eigenvalue weighted by Crippen LogP contribution is 2.33. The minimum atomic E-state index is -4.50. The first-order chi connectivity index (χ1) is 11.8. The smallest absolute Gasteiger partial charge is 0.416 e. The van der Waals surface area contributed by atoms with E-state index in [1.165, 1.54) is 18.2 Å². The minimum absolute atomic E-state index is 0.00466. The molecule has 128 valence electrons. The van der Waals surface area contributed by atoms with Gasteiger partial charge < -0.3 is 10.4 Å². The molecule has 0 bridgehead atoms. The molecule has 3 nitrogen and oxygen atoms in total. The summed E-state index contributed by atoms with van der Waals surface area (Å²) in [4.78, 5) is 12.4. The van der Waals surface area contributed by atoms with E-state index >= 15 is 0 Å². The molecule has 2 N–H and O–H groups in total. The lowest BCUT2D eigenvalue weighted by molar-refractivity contribution is -0.137. The van der Waals surface area contributed by atoms with Gasteiger partial charge in [-0.3, -0.25) is 4.79 Å². The van der Waals surface area contributed by atoms with Crippen molar-refractivity contribution in [3.63, 3.8) is 0 Å².